The molecule has 3 N–H and O–H groups in total. The summed E-state index contributed by atoms with van der Waals surface area (Å²) in [6, 6.07) is 5.70. The maximum atomic E-state index is 7.38. The van der Waals surface area contributed by atoms with E-state index in [0.29, 0.717) is 10.6 Å². The van der Waals surface area contributed by atoms with E-state index in [1.807, 2.05) is 12.1 Å². The van der Waals surface area contributed by atoms with E-state index in [1.54, 1.807) is 6.07 Å². The zero-order chi connectivity index (χ0) is 11.3. The van der Waals surface area contributed by atoms with E-state index in [4.69, 9.17) is 22.7 Å². The van der Waals surface area contributed by atoms with Gasteiger partial charge in [0.05, 0.1) is 5.02 Å². The lowest BCUT2D eigenvalue weighted by Crippen LogP contribution is -2.12. The molecule has 3 heteroatoms. The Labute approximate surface area is 95.9 Å². The maximum absolute atomic E-state index is 7.38. The molecular weight excluding hydrogens is 208 g/mol. The molecule has 0 saturated carbocycles. The minimum Gasteiger partial charge on any atom is -0.384 e. The van der Waals surface area contributed by atoms with Crippen LogP contribution in [0.2, 0.25) is 5.02 Å². The predicted molar refractivity (Wildman–Crippen MR) is 65.7 cm³/mol. The van der Waals surface area contributed by atoms with Crippen molar-refractivity contribution in [3.05, 3.63) is 34.3 Å². The predicted octanol–water partition coefficient (Wildman–Crippen LogP) is 3.36. The van der Waals surface area contributed by atoms with Gasteiger partial charge in [-0.2, -0.15) is 0 Å². The van der Waals surface area contributed by atoms with Crippen LogP contribution in [0.4, 0.5) is 0 Å². The van der Waals surface area contributed by atoms with Crippen molar-refractivity contribution >= 4 is 17.4 Å². The molecule has 0 atom stereocenters. The first-order chi connectivity index (χ1) is 7.16. The third-order valence-electron chi connectivity index (χ3n) is 2.42. The fourth-order valence-corrected chi connectivity index (χ4v) is 1.87. The minimum atomic E-state index is 0.0392. The summed E-state index contributed by atoms with van der Waals surface area (Å²) in [6.07, 6.45) is 4.51. The van der Waals surface area contributed by atoms with Crippen LogP contribution in [0.1, 0.15) is 37.3 Å². The second kappa shape index (κ2) is 5.76. The Bertz CT molecular complexity index is 347. The van der Waals surface area contributed by atoms with Crippen molar-refractivity contribution in [3.8, 4) is 0 Å². The molecule has 0 spiro atoms. The smallest absolute Gasteiger partial charge is 0.124 e. The fraction of sp³-hybridized carbons (Fsp3) is 0.417. The molecule has 1 rings (SSSR count). The van der Waals surface area contributed by atoms with E-state index >= 15 is 0 Å². The van der Waals surface area contributed by atoms with Crippen molar-refractivity contribution in [2.45, 2.75) is 32.6 Å². The van der Waals surface area contributed by atoms with E-state index in [-0.39, 0.29) is 5.84 Å². The number of hydrogen-bond acceptors (Lipinski definition) is 1. The molecule has 0 radical (unpaired) electrons. The highest BCUT2D eigenvalue weighted by Gasteiger charge is 2.07. The summed E-state index contributed by atoms with van der Waals surface area (Å²) in [7, 11) is 0. The van der Waals surface area contributed by atoms with Gasteiger partial charge in [0.2, 0.25) is 0 Å². The Balaban J connectivity index is 2.80. The number of unbranched alkanes of at least 4 members (excludes halogenated alkanes) is 2. The summed E-state index contributed by atoms with van der Waals surface area (Å²) in [5, 5.41) is 8.02. The number of halogens is 1. The van der Waals surface area contributed by atoms with Crippen LogP contribution in [0.25, 0.3) is 0 Å². The van der Waals surface area contributed by atoms with Crippen LogP contribution < -0.4 is 5.73 Å². The molecule has 1 aromatic rings. The van der Waals surface area contributed by atoms with Gasteiger partial charge in [0.15, 0.2) is 0 Å². The first-order valence-electron chi connectivity index (χ1n) is 5.28. The Kier molecular flexibility index (Phi) is 4.63. The molecule has 0 aliphatic rings. The highest BCUT2D eigenvalue weighted by Crippen LogP contribution is 2.22. The number of benzene rings is 1. The molecule has 82 valence electrons. The molecule has 0 aromatic heterocycles. The van der Waals surface area contributed by atoms with Crippen LogP contribution in [-0.2, 0) is 6.42 Å². The second-order valence-electron chi connectivity index (χ2n) is 3.65. The summed E-state index contributed by atoms with van der Waals surface area (Å²) in [5.41, 5.74) is 7.18. The first kappa shape index (κ1) is 12.1. The van der Waals surface area contributed by atoms with Crippen LogP contribution in [0, 0.1) is 5.41 Å². The summed E-state index contributed by atoms with van der Waals surface area (Å²) >= 11 is 6.16. The number of rotatable bonds is 5. The highest BCUT2D eigenvalue weighted by atomic mass is 35.5. The molecule has 0 fully saturated rings. The summed E-state index contributed by atoms with van der Waals surface area (Å²) in [6.45, 7) is 2.17. The lowest BCUT2D eigenvalue weighted by Gasteiger charge is -2.07. The molecule has 15 heavy (non-hydrogen) atoms. The SMILES string of the molecule is CCCCCc1cccc(C(=N)N)c1Cl. The first-order valence-corrected chi connectivity index (χ1v) is 5.66. The van der Waals surface area contributed by atoms with Crippen molar-refractivity contribution in [2.24, 2.45) is 5.73 Å². The molecule has 0 unspecified atom stereocenters. The number of nitrogens with two attached hydrogens (primary N) is 1. The molecule has 0 saturated heterocycles. The zero-order valence-corrected chi connectivity index (χ0v) is 9.77. The van der Waals surface area contributed by atoms with E-state index in [2.05, 4.69) is 6.92 Å². The molecule has 0 aliphatic heterocycles. The Morgan fingerprint density at radius 3 is 2.73 bits per heavy atom. The van der Waals surface area contributed by atoms with Crippen LogP contribution in [0.3, 0.4) is 0 Å². The normalized spacial score (nSPS) is 10.3. The monoisotopic (exact) mass is 224 g/mol. The highest BCUT2D eigenvalue weighted by molar-refractivity contribution is 6.34. The van der Waals surface area contributed by atoms with Gasteiger partial charge in [0.1, 0.15) is 5.84 Å². The van der Waals surface area contributed by atoms with E-state index in [1.165, 1.54) is 12.8 Å². The van der Waals surface area contributed by atoms with Gasteiger partial charge in [-0.1, -0.05) is 43.5 Å². The standard InChI is InChI=1S/C12H17ClN2/c1-2-3-4-6-9-7-5-8-10(11(9)13)12(14)15/h5,7-8H,2-4,6H2,1H3,(H3,14,15). The van der Waals surface area contributed by atoms with Crippen LogP contribution in [0.15, 0.2) is 18.2 Å². The van der Waals surface area contributed by atoms with Gasteiger partial charge in [0.25, 0.3) is 0 Å². The number of hydrogen-bond donors (Lipinski definition) is 2. The minimum absolute atomic E-state index is 0.0392. The average Bonchev–Trinajstić information content (AvgIpc) is 2.20. The van der Waals surface area contributed by atoms with E-state index < -0.39 is 0 Å². The number of amidine groups is 1. The molecule has 0 amide bonds. The number of nitrogens with one attached hydrogen (secondary N) is 1. The third-order valence-corrected chi connectivity index (χ3v) is 2.86. The van der Waals surface area contributed by atoms with Crippen molar-refractivity contribution < 1.29 is 0 Å². The van der Waals surface area contributed by atoms with Gasteiger partial charge in [0, 0.05) is 5.56 Å². The molecule has 2 nitrogen and oxygen atoms in total. The molecule has 1 aromatic carbocycles. The van der Waals surface area contributed by atoms with Gasteiger partial charge >= 0.3 is 0 Å². The van der Waals surface area contributed by atoms with Crippen molar-refractivity contribution in [2.75, 3.05) is 0 Å². The van der Waals surface area contributed by atoms with Gasteiger partial charge in [-0.15, -0.1) is 0 Å². The van der Waals surface area contributed by atoms with Gasteiger partial charge in [-0.05, 0) is 24.5 Å². The molecule has 0 bridgehead atoms. The number of nitrogen functional groups attached to an aromatic ring is 1. The van der Waals surface area contributed by atoms with Crippen LogP contribution in [-0.4, -0.2) is 5.84 Å². The average molecular weight is 225 g/mol. The van der Waals surface area contributed by atoms with Crippen molar-refractivity contribution in [3.63, 3.8) is 0 Å². The summed E-state index contributed by atoms with van der Waals surface area (Å²) in [5.74, 6) is 0.0392. The lowest BCUT2D eigenvalue weighted by atomic mass is 10.0. The molecule has 0 aliphatic carbocycles. The maximum Gasteiger partial charge on any atom is 0.124 e. The van der Waals surface area contributed by atoms with Crippen LogP contribution in [0.5, 0.6) is 0 Å². The van der Waals surface area contributed by atoms with Crippen molar-refractivity contribution in [1.82, 2.24) is 0 Å². The van der Waals surface area contributed by atoms with Crippen molar-refractivity contribution in [1.29, 1.82) is 5.41 Å². The summed E-state index contributed by atoms with van der Waals surface area (Å²) < 4.78 is 0. The van der Waals surface area contributed by atoms with Gasteiger partial charge in [-0.3, -0.25) is 5.41 Å². The Morgan fingerprint density at radius 1 is 1.40 bits per heavy atom. The zero-order valence-electron chi connectivity index (χ0n) is 9.02. The Morgan fingerprint density at radius 2 is 2.13 bits per heavy atom. The Hall–Kier alpha value is -1.02. The van der Waals surface area contributed by atoms with E-state index in [9.17, 15) is 0 Å². The molecular formula is C12H17ClN2. The second-order valence-corrected chi connectivity index (χ2v) is 4.03. The topological polar surface area (TPSA) is 49.9 Å². The molecule has 0 heterocycles. The van der Waals surface area contributed by atoms with Crippen LogP contribution >= 0.6 is 11.6 Å². The lowest BCUT2D eigenvalue weighted by molar-refractivity contribution is 0.717. The fourth-order valence-electron chi connectivity index (χ4n) is 1.55. The third kappa shape index (κ3) is 3.24. The van der Waals surface area contributed by atoms with Gasteiger partial charge < -0.3 is 5.73 Å². The quantitative estimate of drug-likeness (QED) is 0.450. The van der Waals surface area contributed by atoms with E-state index in [0.717, 1.165) is 18.4 Å². The number of aryl methyl sites for hydroxylation is 1. The largest absolute Gasteiger partial charge is 0.384 e. The van der Waals surface area contributed by atoms with Gasteiger partial charge in [-0.25, -0.2) is 0 Å². The summed E-state index contributed by atoms with van der Waals surface area (Å²) in [4.78, 5) is 0.